The Bertz CT molecular complexity index is 284. The second-order valence-corrected chi connectivity index (χ2v) is 4.26. The molecule has 0 aliphatic rings. The van der Waals surface area contributed by atoms with Gasteiger partial charge >= 0.3 is 0 Å². The van der Waals surface area contributed by atoms with Crippen molar-refractivity contribution in [3.63, 3.8) is 0 Å². The smallest absolute Gasteiger partial charge is 0.134 e. The normalized spacial score (nSPS) is 10.8. The molecule has 0 saturated heterocycles. The minimum atomic E-state index is 0.457. The molecule has 0 amide bonds. The van der Waals surface area contributed by atoms with Crippen LogP contribution >= 0.6 is 23.2 Å². The number of rotatable bonds is 3. The monoisotopic (exact) mass is 217 g/mol. The molecular formula is C10H13Cl2N. The Balaban J connectivity index is 2.67. The van der Waals surface area contributed by atoms with E-state index >= 15 is 0 Å². The van der Waals surface area contributed by atoms with Crippen LogP contribution in [0.25, 0.3) is 0 Å². The minimum Gasteiger partial charge on any atom is -0.224 e. The first-order valence-electron chi connectivity index (χ1n) is 4.40. The van der Waals surface area contributed by atoms with E-state index in [4.69, 9.17) is 23.2 Å². The number of halogens is 2. The van der Waals surface area contributed by atoms with Crippen molar-refractivity contribution in [1.82, 2.24) is 4.98 Å². The van der Waals surface area contributed by atoms with E-state index in [2.05, 4.69) is 18.8 Å². The number of aryl methyl sites for hydroxylation is 1. The lowest BCUT2D eigenvalue weighted by Gasteiger charge is -2.05. The average molecular weight is 218 g/mol. The zero-order valence-corrected chi connectivity index (χ0v) is 9.36. The topological polar surface area (TPSA) is 12.9 Å². The molecule has 0 saturated carbocycles. The fourth-order valence-electron chi connectivity index (χ4n) is 1.07. The summed E-state index contributed by atoms with van der Waals surface area (Å²) in [6.07, 6.45) is 2.10. The molecule has 0 atom stereocenters. The van der Waals surface area contributed by atoms with Crippen LogP contribution in [0.4, 0.5) is 0 Å². The van der Waals surface area contributed by atoms with Crippen LogP contribution in [-0.2, 0) is 6.42 Å². The molecule has 0 radical (unpaired) electrons. The summed E-state index contributed by atoms with van der Waals surface area (Å²) < 4.78 is 0. The molecule has 1 aromatic heterocycles. The predicted octanol–water partition coefficient (Wildman–Crippen LogP) is 3.98. The van der Waals surface area contributed by atoms with Gasteiger partial charge in [0.05, 0.1) is 0 Å². The van der Waals surface area contributed by atoms with Gasteiger partial charge in [-0.25, -0.2) is 4.98 Å². The van der Waals surface area contributed by atoms with Gasteiger partial charge in [-0.1, -0.05) is 43.1 Å². The third-order valence-electron chi connectivity index (χ3n) is 1.88. The molecule has 3 heteroatoms. The highest BCUT2D eigenvalue weighted by molar-refractivity contribution is 6.32. The molecule has 0 aliphatic carbocycles. The summed E-state index contributed by atoms with van der Waals surface area (Å²) in [6.45, 7) is 4.38. The molecule has 0 aliphatic heterocycles. The molecule has 1 aromatic rings. The fourth-order valence-corrected chi connectivity index (χ4v) is 1.51. The highest BCUT2D eigenvalue weighted by Crippen LogP contribution is 2.19. The lowest BCUT2D eigenvalue weighted by molar-refractivity contribution is 0.586. The number of hydrogen-bond acceptors (Lipinski definition) is 1. The zero-order chi connectivity index (χ0) is 9.84. The van der Waals surface area contributed by atoms with Gasteiger partial charge in [0, 0.05) is 0 Å². The Morgan fingerprint density at radius 2 is 2.00 bits per heavy atom. The van der Waals surface area contributed by atoms with Gasteiger partial charge < -0.3 is 0 Å². The maximum absolute atomic E-state index is 5.92. The van der Waals surface area contributed by atoms with Crippen LogP contribution in [0, 0.1) is 5.92 Å². The number of pyridine rings is 1. The van der Waals surface area contributed by atoms with Gasteiger partial charge in [0.25, 0.3) is 0 Å². The van der Waals surface area contributed by atoms with Gasteiger partial charge in [-0.2, -0.15) is 0 Å². The van der Waals surface area contributed by atoms with E-state index in [0.29, 0.717) is 16.2 Å². The van der Waals surface area contributed by atoms with Crippen molar-refractivity contribution in [3.8, 4) is 0 Å². The minimum absolute atomic E-state index is 0.457. The largest absolute Gasteiger partial charge is 0.224 e. The van der Waals surface area contributed by atoms with Crippen LogP contribution < -0.4 is 0 Å². The van der Waals surface area contributed by atoms with E-state index in [-0.39, 0.29) is 0 Å². The molecule has 1 nitrogen and oxygen atoms in total. The van der Waals surface area contributed by atoms with Crippen LogP contribution in [0.5, 0.6) is 0 Å². The van der Waals surface area contributed by atoms with Gasteiger partial charge in [0.15, 0.2) is 0 Å². The summed E-state index contributed by atoms with van der Waals surface area (Å²) >= 11 is 11.6. The van der Waals surface area contributed by atoms with Crippen LogP contribution in [0.1, 0.15) is 25.8 Å². The van der Waals surface area contributed by atoms with Crippen molar-refractivity contribution in [3.05, 3.63) is 28.0 Å². The lowest BCUT2D eigenvalue weighted by Crippen LogP contribution is -1.94. The summed E-state index contributed by atoms with van der Waals surface area (Å²) in [5.74, 6) is 0.687. The van der Waals surface area contributed by atoms with Crippen molar-refractivity contribution in [2.45, 2.75) is 26.7 Å². The maximum Gasteiger partial charge on any atom is 0.134 e. The van der Waals surface area contributed by atoms with E-state index < -0.39 is 0 Å². The van der Waals surface area contributed by atoms with Gasteiger partial charge in [-0.15, -0.1) is 0 Å². The summed E-state index contributed by atoms with van der Waals surface area (Å²) in [7, 11) is 0. The molecule has 13 heavy (non-hydrogen) atoms. The van der Waals surface area contributed by atoms with E-state index in [0.717, 1.165) is 18.4 Å². The molecule has 0 spiro atoms. The molecule has 0 bridgehead atoms. The zero-order valence-electron chi connectivity index (χ0n) is 7.85. The van der Waals surface area contributed by atoms with E-state index in [1.807, 2.05) is 6.07 Å². The summed E-state index contributed by atoms with van der Waals surface area (Å²) in [5, 5.41) is 0.992. The van der Waals surface area contributed by atoms with E-state index in [1.54, 1.807) is 6.07 Å². The third kappa shape index (κ3) is 3.53. The second-order valence-electron chi connectivity index (χ2n) is 3.52. The van der Waals surface area contributed by atoms with Crippen molar-refractivity contribution < 1.29 is 0 Å². The maximum atomic E-state index is 5.92. The number of aromatic nitrogens is 1. The summed E-state index contributed by atoms with van der Waals surface area (Å²) in [5.41, 5.74) is 1.08. The Labute approximate surface area is 89.1 Å². The van der Waals surface area contributed by atoms with Gasteiger partial charge in [-0.3, -0.25) is 0 Å². The molecule has 1 heterocycles. The Morgan fingerprint density at radius 3 is 2.54 bits per heavy atom. The van der Waals surface area contributed by atoms with Gasteiger partial charge in [0.2, 0.25) is 0 Å². The second kappa shape index (κ2) is 4.83. The fraction of sp³-hybridized carbons (Fsp3) is 0.500. The quantitative estimate of drug-likeness (QED) is 0.699. The van der Waals surface area contributed by atoms with Gasteiger partial charge in [-0.05, 0) is 30.4 Å². The molecular weight excluding hydrogens is 205 g/mol. The standard InChI is InChI=1S/C10H13Cl2N/c1-7(2)3-4-8-5-6-9(11)13-10(8)12/h5-7H,3-4H2,1-2H3. The van der Waals surface area contributed by atoms with Crippen molar-refractivity contribution in [1.29, 1.82) is 0 Å². The molecule has 0 N–H and O–H groups in total. The highest BCUT2D eigenvalue weighted by Gasteiger charge is 2.03. The Morgan fingerprint density at radius 1 is 1.31 bits per heavy atom. The summed E-state index contributed by atoms with van der Waals surface area (Å²) in [6, 6.07) is 3.73. The van der Waals surface area contributed by atoms with E-state index in [1.165, 1.54) is 0 Å². The van der Waals surface area contributed by atoms with Crippen LogP contribution in [0.15, 0.2) is 12.1 Å². The molecule has 0 aromatic carbocycles. The van der Waals surface area contributed by atoms with Crippen LogP contribution in [-0.4, -0.2) is 4.98 Å². The van der Waals surface area contributed by atoms with E-state index in [9.17, 15) is 0 Å². The first kappa shape index (κ1) is 10.8. The van der Waals surface area contributed by atoms with Crippen molar-refractivity contribution in [2.24, 2.45) is 5.92 Å². The highest BCUT2D eigenvalue weighted by atomic mass is 35.5. The molecule has 0 fully saturated rings. The van der Waals surface area contributed by atoms with Crippen LogP contribution in [0.2, 0.25) is 10.3 Å². The molecule has 1 rings (SSSR count). The summed E-state index contributed by atoms with van der Waals surface area (Å²) in [4.78, 5) is 3.98. The van der Waals surface area contributed by atoms with Crippen LogP contribution in [0.3, 0.4) is 0 Å². The first-order valence-corrected chi connectivity index (χ1v) is 5.16. The lowest BCUT2D eigenvalue weighted by atomic mass is 10.0. The molecule has 72 valence electrons. The average Bonchev–Trinajstić information content (AvgIpc) is 2.02. The van der Waals surface area contributed by atoms with Crippen molar-refractivity contribution >= 4 is 23.2 Å². The predicted molar refractivity (Wildman–Crippen MR) is 57.4 cm³/mol. The Hall–Kier alpha value is -0.270. The molecule has 0 unspecified atom stereocenters. The van der Waals surface area contributed by atoms with Gasteiger partial charge in [0.1, 0.15) is 10.3 Å². The number of hydrogen-bond donors (Lipinski definition) is 0. The van der Waals surface area contributed by atoms with Crippen molar-refractivity contribution in [2.75, 3.05) is 0 Å². The third-order valence-corrected chi connectivity index (χ3v) is 2.42. The number of nitrogens with zero attached hydrogens (tertiary/aromatic N) is 1. The first-order chi connectivity index (χ1) is 6.09. The Kier molecular flexibility index (Phi) is 4.01. The SMILES string of the molecule is CC(C)CCc1ccc(Cl)nc1Cl.